The van der Waals surface area contributed by atoms with Crippen LogP contribution in [0.2, 0.25) is 0 Å². The van der Waals surface area contributed by atoms with Gasteiger partial charge in [0.1, 0.15) is 5.76 Å². The second-order valence-corrected chi connectivity index (χ2v) is 6.37. The first kappa shape index (κ1) is 18.7. The number of hydrogen-bond acceptors (Lipinski definition) is 6. The van der Waals surface area contributed by atoms with Crippen molar-refractivity contribution in [2.75, 3.05) is 20.8 Å². The summed E-state index contributed by atoms with van der Waals surface area (Å²) < 4.78 is 10.6. The number of carbonyl (C=O) groups is 1. The lowest BCUT2D eigenvalue weighted by Crippen LogP contribution is -2.19. The Morgan fingerprint density at radius 2 is 2.11 bits per heavy atom. The molecular weight excluding hydrogens is 346 g/mol. The Kier molecular flexibility index (Phi) is 5.90. The Morgan fingerprint density at radius 3 is 2.78 bits per heavy atom. The van der Waals surface area contributed by atoms with Crippen LogP contribution in [0.4, 0.5) is 0 Å². The lowest BCUT2D eigenvalue weighted by atomic mass is 9.83. The normalized spacial score (nSPS) is 17.6. The molecule has 27 heavy (non-hydrogen) atoms. The van der Waals surface area contributed by atoms with Crippen LogP contribution in [0, 0.1) is 0 Å². The first-order valence-electron chi connectivity index (χ1n) is 8.76. The Bertz CT molecular complexity index is 856. The molecule has 0 amide bonds. The molecule has 3 rings (SSSR count). The number of nitrogens with zero attached hydrogens (tertiary/aromatic N) is 2. The van der Waals surface area contributed by atoms with Gasteiger partial charge in [-0.15, -0.1) is 0 Å². The fraction of sp³-hybridized carbons (Fsp3) is 0.350. The number of hydrogen-bond donors (Lipinski definition) is 2. The minimum absolute atomic E-state index is 0.0799. The highest BCUT2D eigenvalue weighted by atomic mass is 16.5. The quantitative estimate of drug-likeness (QED) is 0.731. The van der Waals surface area contributed by atoms with Gasteiger partial charge in [-0.3, -0.25) is 9.79 Å². The number of methoxy groups -OCH3 is 2. The minimum atomic E-state index is -0.108. The lowest BCUT2D eigenvalue weighted by molar-refractivity contribution is -0.116. The number of aromatic nitrogens is 2. The van der Waals surface area contributed by atoms with Gasteiger partial charge >= 0.3 is 0 Å². The summed E-state index contributed by atoms with van der Waals surface area (Å²) in [4.78, 5) is 23.7. The molecule has 1 aromatic heterocycles. The third-order valence-corrected chi connectivity index (χ3v) is 4.65. The first-order valence-corrected chi connectivity index (χ1v) is 8.76. The second-order valence-electron chi connectivity index (χ2n) is 6.37. The Balaban J connectivity index is 1.69. The van der Waals surface area contributed by atoms with E-state index >= 15 is 0 Å². The maximum atomic E-state index is 12.5. The van der Waals surface area contributed by atoms with Crippen molar-refractivity contribution in [3.8, 4) is 11.5 Å². The van der Waals surface area contributed by atoms with E-state index in [-0.39, 0.29) is 17.5 Å². The standard InChI is InChI=1S/C20H23N3O4/c1-26-19-4-3-13(9-20(19)27-2)14-7-17(24)16(18(25)8-14)11-21-6-5-15-10-22-12-23-15/h3-4,9-12,14,24H,5-8H2,1-2H3,(H,22,23). The molecule has 0 saturated carbocycles. The van der Waals surface area contributed by atoms with Gasteiger partial charge in [0, 0.05) is 43.9 Å². The van der Waals surface area contributed by atoms with E-state index in [0.717, 1.165) is 11.3 Å². The maximum Gasteiger partial charge on any atom is 0.168 e. The highest BCUT2D eigenvalue weighted by Crippen LogP contribution is 2.37. The molecule has 142 valence electrons. The van der Waals surface area contributed by atoms with E-state index in [1.54, 1.807) is 26.7 Å². The van der Waals surface area contributed by atoms with Gasteiger partial charge in [-0.05, 0) is 23.6 Å². The van der Waals surface area contributed by atoms with Crippen LogP contribution in [-0.2, 0) is 11.2 Å². The summed E-state index contributed by atoms with van der Waals surface area (Å²) in [5, 5.41) is 10.4. The zero-order valence-corrected chi connectivity index (χ0v) is 15.4. The van der Waals surface area contributed by atoms with Crippen LogP contribution in [0.25, 0.3) is 0 Å². The van der Waals surface area contributed by atoms with Gasteiger partial charge in [-0.2, -0.15) is 0 Å². The molecule has 1 unspecified atom stereocenters. The molecule has 1 aliphatic carbocycles. The summed E-state index contributed by atoms with van der Waals surface area (Å²) in [6.45, 7) is 0.519. The molecular formula is C20H23N3O4. The van der Waals surface area contributed by atoms with Crippen molar-refractivity contribution in [3.63, 3.8) is 0 Å². The van der Waals surface area contributed by atoms with Crippen LogP contribution in [-0.4, -0.2) is 47.8 Å². The molecule has 0 radical (unpaired) electrons. The van der Waals surface area contributed by atoms with E-state index in [1.807, 2.05) is 18.2 Å². The topological polar surface area (TPSA) is 96.8 Å². The number of aliphatic hydroxyl groups is 1. The summed E-state index contributed by atoms with van der Waals surface area (Å²) in [7, 11) is 3.15. The average Bonchev–Trinajstić information content (AvgIpc) is 3.19. The van der Waals surface area contributed by atoms with Crippen molar-refractivity contribution in [1.29, 1.82) is 0 Å². The molecule has 7 heteroatoms. The summed E-state index contributed by atoms with van der Waals surface area (Å²) >= 11 is 0. The Labute approximate surface area is 157 Å². The monoisotopic (exact) mass is 369 g/mol. The summed E-state index contributed by atoms with van der Waals surface area (Å²) in [6, 6.07) is 5.56. The lowest BCUT2D eigenvalue weighted by Gasteiger charge is -2.23. The van der Waals surface area contributed by atoms with E-state index in [2.05, 4.69) is 15.0 Å². The summed E-state index contributed by atoms with van der Waals surface area (Å²) in [5.41, 5.74) is 2.22. The van der Waals surface area contributed by atoms with E-state index in [0.29, 0.717) is 42.9 Å². The number of rotatable bonds is 7. The van der Waals surface area contributed by atoms with Gasteiger partial charge in [0.25, 0.3) is 0 Å². The number of ether oxygens (including phenoxy) is 2. The van der Waals surface area contributed by atoms with Crippen molar-refractivity contribution in [2.45, 2.75) is 25.2 Å². The number of nitrogens with one attached hydrogen (secondary N) is 1. The number of ketones is 1. The van der Waals surface area contributed by atoms with Crippen LogP contribution in [0.15, 0.2) is 47.0 Å². The number of aromatic amines is 1. The first-order chi connectivity index (χ1) is 13.1. The van der Waals surface area contributed by atoms with Gasteiger partial charge in [-0.25, -0.2) is 4.98 Å². The molecule has 0 aliphatic heterocycles. The number of allylic oxidation sites excluding steroid dienone is 2. The van der Waals surface area contributed by atoms with Crippen LogP contribution < -0.4 is 9.47 Å². The molecule has 1 heterocycles. The third kappa shape index (κ3) is 4.36. The van der Waals surface area contributed by atoms with Crippen molar-refractivity contribution < 1.29 is 19.4 Å². The van der Waals surface area contributed by atoms with Gasteiger partial charge in [0.05, 0.1) is 26.1 Å². The fourth-order valence-electron chi connectivity index (χ4n) is 3.16. The zero-order chi connectivity index (χ0) is 19.2. The number of carbonyl (C=O) groups excluding carboxylic acids is 1. The van der Waals surface area contributed by atoms with Crippen LogP contribution in [0.5, 0.6) is 11.5 Å². The molecule has 1 atom stereocenters. The van der Waals surface area contributed by atoms with Gasteiger partial charge in [-0.1, -0.05) is 6.07 Å². The van der Waals surface area contributed by atoms with Crippen molar-refractivity contribution in [3.05, 3.63) is 53.3 Å². The number of aliphatic hydroxyl groups excluding tert-OH is 1. The highest BCUT2D eigenvalue weighted by molar-refractivity contribution is 6.14. The minimum Gasteiger partial charge on any atom is -0.511 e. The molecule has 0 bridgehead atoms. The van der Waals surface area contributed by atoms with Gasteiger partial charge in [0.2, 0.25) is 0 Å². The predicted molar refractivity (Wildman–Crippen MR) is 102 cm³/mol. The average molecular weight is 369 g/mol. The Morgan fingerprint density at radius 1 is 1.30 bits per heavy atom. The summed E-state index contributed by atoms with van der Waals surface area (Å²) in [5.74, 6) is 1.12. The van der Waals surface area contributed by atoms with Gasteiger partial charge < -0.3 is 19.6 Å². The molecule has 0 saturated heterocycles. The third-order valence-electron chi connectivity index (χ3n) is 4.65. The molecule has 2 N–H and O–H groups in total. The van der Waals surface area contributed by atoms with Crippen molar-refractivity contribution in [1.82, 2.24) is 9.97 Å². The van der Waals surface area contributed by atoms with E-state index in [9.17, 15) is 9.90 Å². The second kappa shape index (κ2) is 8.53. The molecule has 0 fully saturated rings. The van der Waals surface area contributed by atoms with E-state index in [4.69, 9.17) is 9.47 Å². The van der Waals surface area contributed by atoms with Crippen LogP contribution >= 0.6 is 0 Å². The highest BCUT2D eigenvalue weighted by Gasteiger charge is 2.28. The van der Waals surface area contributed by atoms with Gasteiger partial charge in [0.15, 0.2) is 17.3 Å². The number of aliphatic imine (C=N–C) groups is 1. The van der Waals surface area contributed by atoms with Crippen molar-refractivity contribution in [2.24, 2.45) is 4.99 Å². The number of imidazole rings is 1. The smallest absolute Gasteiger partial charge is 0.168 e. The molecule has 7 nitrogen and oxygen atoms in total. The number of H-pyrrole nitrogens is 1. The predicted octanol–water partition coefficient (Wildman–Crippen LogP) is 3.00. The summed E-state index contributed by atoms with van der Waals surface area (Å²) in [6.07, 6.45) is 6.26. The molecule has 2 aromatic rings. The molecule has 0 spiro atoms. The fourth-order valence-corrected chi connectivity index (χ4v) is 3.16. The Hall–Kier alpha value is -3.09. The van der Waals surface area contributed by atoms with Crippen molar-refractivity contribution >= 4 is 12.0 Å². The SMILES string of the molecule is COc1ccc(C2CC(=O)C(C=NCCc3cnc[nH]3)=C(O)C2)cc1OC. The zero-order valence-electron chi connectivity index (χ0n) is 15.4. The number of benzene rings is 1. The molecule has 1 aliphatic rings. The maximum absolute atomic E-state index is 12.5. The van der Waals surface area contributed by atoms with E-state index < -0.39 is 0 Å². The van der Waals surface area contributed by atoms with Crippen LogP contribution in [0.1, 0.15) is 30.0 Å². The van der Waals surface area contributed by atoms with E-state index in [1.165, 1.54) is 6.21 Å². The molecule has 1 aromatic carbocycles. The number of Topliss-reactive ketones (excluding diaryl/α,β-unsaturated/α-hetero) is 1. The van der Waals surface area contributed by atoms with Crippen LogP contribution in [0.3, 0.4) is 0 Å². The largest absolute Gasteiger partial charge is 0.511 e.